The molecular weight excluding hydrogens is 410 g/mol. The van der Waals surface area contributed by atoms with Gasteiger partial charge in [-0.25, -0.2) is 9.79 Å². The van der Waals surface area contributed by atoms with Gasteiger partial charge in [0.15, 0.2) is 4.80 Å². The lowest BCUT2D eigenvalue weighted by Crippen LogP contribution is -2.39. The highest BCUT2D eigenvalue weighted by Gasteiger charge is 2.33. The molecule has 1 aliphatic heterocycles. The quantitative estimate of drug-likeness (QED) is 0.625. The van der Waals surface area contributed by atoms with Crippen LogP contribution in [0, 0.1) is 0 Å². The Bertz CT molecular complexity index is 1310. The smallest absolute Gasteiger partial charge is 0.338 e. The molecule has 160 valence electrons. The zero-order valence-electron chi connectivity index (χ0n) is 18.0. The Morgan fingerprint density at radius 2 is 2.03 bits per heavy atom. The number of fused-ring (bicyclic) bond motifs is 1. The number of nitrogens with zero attached hydrogens (tertiary/aromatic N) is 2. The van der Waals surface area contributed by atoms with E-state index in [0.29, 0.717) is 26.5 Å². The summed E-state index contributed by atoms with van der Waals surface area (Å²) in [7, 11) is 0. The Kier molecular flexibility index (Phi) is 5.78. The van der Waals surface area contributed by atoms with Gasteiger partial charge in [0.05, 0.1) is 28.5 Å². The first-order valence-electron chi connectivity index (χ1n) is 10.3. The summed E-state index contributed by atoms with van der Waals surface area (Å²) >= 11 is 1.32. The van der Waals surface area contributed by atoms with Crippen LogP contribution >= 0.6 is 11.3 Å². The van der Waals surface area contributed by atoms with Gasteiger partial charge in [0.25, 0.3) is 5.56 Å². The standard InChI is InChI=1S/C24H25N3O3S/c1-5-30-23(29)20-15(4)26-24-27(21(20)17-10-8-16(9-11-17)14(2)3)22(28)19(31-24)13-18-7-6-12-25-18/h6-14,21,25H,5H2,1-4H3/b19-13+. The van der Waals surface area contributed by atoms with E-state index in [1.165, 1.54) is 16.9 Å². The molecule has 0 saturated carbocycles. The lowest BCUT2D eigenvalue weighted by molar-refractivity contribution is -0.139. The first kappa shape index (κ1) is 21.1. The van der Waals surface area contributed by atoms with Crippen molar-refractivity contribution in [3.05, 3.63) is 90.4 Å². The largest absolute Gasteiger partial charge is 0.463 e. The van der Waals surface area contributed by atoms with E-state index >= 15 is 0 Å². The van der Waals surface area contributed by atoms with Crippen LogP contribution in [0.5, 0.6) is 0 Å². The second-order valence-electron chi connectivity index (χ2n) is 7.75. The van der Waals surface area contributed by atoms with Crippen LogP contribution in [0.15, 0.2) is 63.7 Å². The van der Waals surface area contributed by atoms with Gasteiger partial charge < -0.3 is 9.72 Å². The third-order valence-corrected chi connectivity index (χ3v) is 6.33. The zero-order chi connectivity index (χ0) is 22.1. The van der Waals surface area contributed by atoms with Crippen molar-refractivity contribution >= 4 is 23.4 Å². The van der Waals surface area contributed by atoms with Crippen molar-refractivity contribution in [3.8, 4) is 0 Å². The van der Waals surface area contributed by atoms with Crippen LogP contribution in [0.4, 0.5) is 0 Å². The minimum Gasteiger partial charge on any atom is -0.463 e. The number of aromatic amines is 1. The van der Waals surface area contributed by atoms with Gasteiger partial charge in [0, 0.05) is 11.9 Å². The van der Waals surface area contributed by atoms with Crippen molar-refractivity contribution < 1.29 is 9.53 Å². The number of H-pyrrole nitrogens is 1. The molecule has 1 aliphatic rings. The first-order chi connectivity index (χ1) is 14.9. The molecule has 0 fully saturated rings. The fourth-order valence-corrected chi connectivity index (χ4v) is 4.78. The number of nitrogens with one attached hydrogen (secondary N) is 1. The Labute approximate surface area is 184 Å². The van der Waals surface area contributed by atoms with E-state index in [0.717, 1.165) is 11.3 Å². The summed E-state index contributed by atoms with van der Waals surface area (Å²) < 4.78 is 7.50. The number of thiazole rings is 1. The number of carbonyl (C=O) groups is 1. The van der Waals surface area contributed by atoms with Crippen molar-refractivity contribution in [3.63, 3.8) is 0 Å². The summed E-state index contributed by atoms with van der Waals surface area (Å²) in [5, 5.41) is 0. The number of carbonyl (C=O) groups excluding carboxylic acids is 1. The SMILES string of the molecule is CCOC(=O)C1=C(C)N=c2s/c(=C/c3ccc[nH]3)c(=O)n2C1c1ccc(C(C)C)cc1. The predicted molar refractivity (Wildman–Crippen MR) is 122 cm³/mol. The van der Waals surface area contributed by atoms with Gasteiger partial charge in [-0.2, -0.15) is 0 Å². The monoisotopic (exact) mass is 435 g/mol. The number of hydrogen-bond acceptors (Lipinski definition) is 5. The van der Waals surface area contributed by atoms with Crippen LogP contribution in [0.25, 0.3) is 6.08 Å². The lowest BCUT2D eigenvalue weighted by Gasteiger charge is -2.25. The first-order valence-corrected chi connectivity index (χ1v) is 11.1. The minimum absolute atomic E-state index is 0.175. The van der Waals surface area contributed by atoms with Gasteiger partial charge in [0.1, 0.15) is 0 Å². The number of ether oxygens (including phenoxy) is 1. The van der Waals surface area contributed by atoms with Crippen molar-refractivity contribution in [2.45, 2.75) is 39.7 Å². The summed E-state index contributed by atoms with van der Waals surface area (Å²) in [4.78, 5) is 34.6. The molecule has 7 heteroatoms. The molecule has 2 aromatic heterocycles. The molecule has 0 saturated heterocycles. The van der Waals surface area contributed by atoms with Gasteiger partial charge in [-0.3, -0.25) is 9.36 Å². The van der Waals surface area contributed by atoms with Crippen molar-refractivity contribution in [2.75, 3.05) is 6.61 Å². The van der Waals surface area contributed by atoms with E-state index < -0.39 is 12.0 Å². The van der Waals surface area contributed by atoms with Gasteiger partial charge in [-0.1, -0.05) is 49.4 Å². The number of esters is 1. The summed E-state index contributed by atoms with van der Waals surface area (Å²) in [6.45, 7) is 8.08. The normalized spacial score (nSPS) is 16.4. The summed E-state index contributed by atoms with van der Waals surface area (Å²) in [6.07, 6.45) is 3.62. The molecule has 1 unspecified atom stereocenters. The second-order valence-corrected chi connectivity index (χ2v) is 8.76. The molecule has 0 amide bonds. The molecule has 1 N–H and O–H groups in total. The second kappa shape index (κ2) is 8.51. The molecule has 0 spiro atoms. The van der Waals surface area contributed by atoms with E-state index in [9.17, 15) is 9.59 Å². The Morgan fingerprint density at radius 1 is 1.29 bits per heavy atom. The maximum Gasteiger partial charge on any atom is 0.338 e. The lowest BCUT2D eigenvalue weighted by atomic mass is 9.93. The highest BCUT2D eigenvalue weighted by molar-refractivity contribution is 7.07. The fourth-order valence-electron chi connectivity index (χ4n) is 3.75. The molecule has 6 nitrogen and oxygen atoms in total. The number of aromatic nitrogens is 2. The Morgan fingerprint density at radius 3 is 2.65 bits per heavy atom. The molecule has 31 heavy (non-hydrogen) atoms. The topological polar surface area (TPSA) is 76.4 Å². The molecule has 0 aliphatic carbocycles. The van der Waals surface area contributed by atoms with E-state index in [1.807, 2.05) is 48.7 Å². The summed E-state index contributed by atoms with van der Waals surface area (Å²) in [5.74, 6) is -0.0565. The molecule has 1 atom stereocenters. The number of allylic oxidation sites excluding steroid dienone is 1. The number of hydrogen-bond donors (Lipinski definition) is 1. The summed E-state index contributed by atoms with van der Waals surface area (Å²) in [6, 6.07) is 11.3. The van der Waals surface area contributed by atoms with Crippen LogP contribution in [-0.2, 0) is 9.53 Å². The third kappa shape index (κ3) is 3.93. The molecule has 3 heterocycles. The number of rotatable bonds is 5. The molecule has 3 aromatic rings. The summed E-state index contributed by atoms with van der Waals surface area (Å²) in [5.41, 5.74) is 3.69. The van der Waals surface area contributed by atoms with Crippen LogP contribution in [-0.4, -0.2) is 22.1 Å². The van der Waals surface area contributed by atoms with Gasteiger partial charge in [-0.15, -0.1) is 0 Å². The average molecular weight is 436 g/mol. The van der Waals surface area contributed by atoms with Gasteiger partial charge >= 0.3 is 5.97 Å². The molecular formula is C24H25N3O3S. The van der Waals surface area contributed by atoms with Crippen molar-refractivity contribution in [1.82, 2.24) is 9.55 Å². The van der Waals surface area contributed by atoms with Crippen molar-refractivity contribution in [1.29, 1.82) is 0 Å². The molecule has 0 radical (unpaired) electrons. The Balaban J connectivity index is 1.94. The van der Waals surface area contributed by atoms with Crippen LogP contribution in [0.3, 0.4) is 0 Å². The maximum absolute atomic E-state index is 13.4. The third-order valence-electron chi connectivity index (χ3n) is 5.34. The van der Waals surface area contributed by atoms with E-state index in [2.05, 4.69) is 23.8 Å². The van der Waals surface area contributed by atoms with Crippen LogP contribution in [0.1, 0.15) is 56.5 Å². The average Bonchev–Trinajstić information content (AvgIpc) is 3.35. The highest BCUT2D eigenvalue weighted by Crippen LogP contribution is 2.31. The fraction of sp³-hybridized carbons (Fsp3) is 0.292. The van der Waals surface area contributed by atoms with Crippen molar-refractivity contribution in [2.24, 2.45) is 4.99 Å². The number of benzene rings is 1. The van der Waals surface area contributed by atoms with Crippen LogP contribution < -0.4 is 14.9 Å². The highest BCUT2D eigenvalue weighted by atomic mass is 32.1. The van der Waals surface area contributed by atoms with E-state index in [4.69, 9.17) is 4.74 Å². The Hall–Kier alpha value is -3.19. The van der Waals surface area contributed by atoms with Gasteiger partial charge in [0.2, 0.25) is 0 Å². The van der Waals surface area contributed by atoms with Gasteiger partial charge in [-0.05, 0) is 49.1 Å². The zero-order valence-corrected chi connectivity index (χ0v) is 18.8. The minimum atomic E-state index is -0.581. The van der Waals surface area contributed by atoms with E-state index in [-0.39, 0.29) is 12.2 Å². The molecule has 4 rings (SSSR count). The van der Waals surface area contributed by atoms with E-state index in [1.54, 1.807) is 18.4 Å². The van der Waals surface area contributed by atoms with Crippen LogP contribution in [0.2, 0.25) is 0 Å². The molecule has 1 aromatic carbocycles. The maximum atomic E-state index is 13.4. The predicted octanol–water partition coefficient (Wildman–Crippen LogP) is 3.25. The molecule has 0 bridgehead atoms.